The lowest BCUT2D eigenvalue weighted by atomic mass is 9.93. The number of epoxide rings is 1. The highest BCUT2D eigenvalue weighted by atomic mass is 16.6. The first-order chi connectivity index (χ1) is 26.5. The lowest BCUT2D eigenvalue weighted by Gasteiger charge is -2.27. The fourth-order valence-corrected chi connectivity index (χ4v) is 5.78. The second kappa shape index (κ2) is 22.0. The molecule has 4 N–H and O–H groups in total. The van der Waals surface area contributed by atoms with E-state index in [1.165, 1.54) is 6.07 Å². The van der Waals surface area contributed by atoms with E-state index in [0.717, 1.165) is 5.56 Å². The van der Waals surface area contributed by atoms with Crippen molar-refractivity contribution in [1.82, 2.24) is 36.2 Å². The molecule has 0 spiro atoms. The number of nitrogens with zero attached hydrogens (tertiary/aromatic N) is 3. The van der Waals surface area contributed by atoms with Crippen LogP contribution in [-0.4, -0.2) is 121 Å². The summed E-state index contributed by atoms with van der Waals surface area (Å²) in [5.74, 6) is -1.88. The van der Waals surface area contributed by atoms with Crippen LogP contribution in [0.1, 0.15) is 77.8 Å². The summed E-state index contributed by atoms with van der Waals surface area (Å²) in [7, 11) is 3.83. The average molecular weight is 784 g/mol. The van der Waals surface area contributed by atoms with Gasteiger partial charge in [-0.25, -0.2) is 4.79 Å². The molecular formula is C40H61N7O9. The van der Waals surface area contributed by atoms with Gasteiger partial charge in [-0.15, -0.1) is 0 Å². The number of hydrogen-bond acceptors (Lipinski definition) is 11. The van der Waals surface area contributed by atoms with Crippen LogP contribution in [0.4, 0.5) is 4.79 Å². The zero-order valence-corrected chi connectivity index (χ0v) is 34.1. The van der Waals surface area contributed by atoms with Gasteiger partial charge in [0.1, 0.15) is 17.7 Å². The molecule has 3 rings (SSSR count). The molecule has 1 aliphatic rings. The highest BCUT2D eigenvalue weighted by Gasteiger charge is 2.50. The van der Waals surface area contributed by atoms with Crippen molar-refractivity contribution in [2.75, 3.05) is 46.9 Å². The first-order valence-corrected chi connectivity index (χ1v) is 19.4. The number of aromatic nitrogens is 1. The van der Waals surface area contributed by atoms with Crippen molar-refractivity contribution in [2.24, 2.45) is 11.8 Å². The third-order valence-electron chi connectivity index (χ3n) is 9.23. The molecule has 310 valence electrons. The van der Waals surface area contributed by atoms with Crippen LogP contribution in [0.3, 0.4) is 0 Å². The van der Waals surface area contributed by atoms with Crippen LogP contribution in [0.15, 0.2) is 40.9 Å². The van der Waals surface area contributed by atoms with Crippen molar-refractivity contribution in [2.45, 2.75) is 104 Å². The number of likely N-dealkylation sites (N-methyl/N-ethyl adjacent to an activating group) is 2. The van der Waals surface area contributed by atoms with Crippen LogP contribution in [0.25, 0.3) is 0 Å². The molecule has 16 heteroatoms. The average Bonchev–Trinajstić information content (AvgIpc) is 3.74. The predicted octanol–water partition coefficient (Wildman–Crippen LogP) is 2.39. The van der Waals surface area contributed by atoms with Gasteiger partial charge in [0.05, 0.1) is 31.3 Å². The third-order valence-corrected chi connectivity index (χ3v) is 9.23. The van der Waals surface area contributed by atoms with Gasteiger partial charge in [-0.2, -0.15) is 0 Å². The summed E-state index contributed by atoms with van der Waals surface area (Å²) in [6, 6.07) is 7.82. The summed E-state index contributed by atoms with van der Waals surface area (Å²) in [5.41, 5.74) is 0.133. The number of carbonyl (C=O) groups excluding carboxylic acids is 6. The Hall–Kier alpha value is -4.83. The maximum absolute atomic E-state index is 13.8. The third kappa shape index (κ3) is 15.7. The Morgan fingerprint density at radius 1 is 0.875 bits per heavy atom. The van der Waals surface area contributed by atoms with E-state index in [-0.39, 0.29) is 55.6 Å². The molecule has 0 radical (unpaired) electrons. The van der Waals surface area contributed by atoms with Gasteiger partial charge < -0.3 is 45.1 Å². The summed E-state index contributed by atoms with van der Waals surface area (Å²) in [4.78, 5) is 82.6. The number of nitrogens with one attached hydrogen (secondary N) is 4. The number of ether oxygens (including phenoxy) is 2. The topological polar surface area (TPSA) is 205 Å². The van der Waals surface area contributed by atoms with E-state index >= 15 is 0 Å². The van der Waals surface area contributed by atoms with E-state index in [2.05, 4.69) is 26.4 Å². The van der Waals surface area contributed by atoms with Gasteiger partial charge in [0, 0.05) is 32.1 Å². The Balaban J connectivity index is 1.59. The molecule has 4 atom stereocenters. The van der Waals surface area contributed by atoms with Crippen LogP contribution in [0.2, 0.25) is 0 Å². The van der Waals surface area contributed by atoms with Crippen molar-refractivity contribution in [3.05, 3.63) is 53.4 Å². The predicted molar refractivity (Wildman–Crippen MR) is 208 cm³/mol. The lowest BCUT2D eigenvalue weighted by Crippen LogP contribution is -2.58. The molecule has 1 aliphatic heterocycles. The lowest BCUT2D eigenvalue weighted by molar-refractivity contribution is -0.134. The summed E-state index contributed by atoms with van der Waals surface area (Å²) in [5, 5.41) is 14.8. The molecule has 16 nitrogen and oxygen atoms in total. The Labute approximate surface area is 330 Å². The summed E-state index contributed by atoms with van der Waals surface area (Å²) in [6.45, 7) is 12.8. The van der Waals surface area contributed by atoms with Gasteiger partial charge in [0.15, 0.2) is 18.2 Å². The van der Waals surface area contributed by atoms with Gasteiger partial charge in [-0.05, 0) is 64.6 Å². The van der Waals surface area contributed by atoms with Crippen LogP contribution >= 0.6 is 0 Å². The first-order valence-electron chi connectivity index (χ1n) is 19.4. The Morgan fingerprint density at radius 3 is 2.14 bits per heavy atom. The van der Waals surface area contributed by atoms with Crippen molar-refractivity contribution < 1.29 is 42.8 Å². The second-order valence-electron chi connectivity index (χ2n) is 15.6. The second-order valence-corrected chi connectivity index (χ2v) is 15.6. The number of carbonyl (C=O) groups is 6. The van der Waals surface area contributed by atoms with Crippen LogP contribution in [-0.2, 0) is 52.9 Å². The number of ketones is 1. The number of rotatable bonds is 24. The Bertz CT molecular complexity index is 1610. The molecule has 0 saturated carbocycles. The molecule has 1 aromatic heterocycles. The van der Waals surface area contributed by atoms with Crippen LogP contribution < -0.4 is 21.3 Å². The number of amides is 5. The highest BCUT2D eigenvalue weighted by molar-refractivity contribution is 5.98. The molecule has 1 saturated heterocycles. The van der Waals surface area contributed by atoms with E-state index < -0.39 is 60.0 Å². The molecule has 4 unspecified atom stereocenters. The largest absolute Gasteiger partial charge is 0.441 e. The quantitative estimate of drug-likeness (QED) is 0.114. The normalized spacial score (nSPS) is 16.5. The number of Topliss-reactive ketones (excluding diaryl/α,β-unsaturated/α-hetero) is 1. The van der Waals surface area contributed by atoms with Gasteiger partial charge in [0.25, 0.3) is 0 Å². The van der Waals surface area contributed by atoms with E-state index in [0.29, 0.717) is 38.4 Å². The van der Waals surface area contributed by atoms with Crippen molar-refractivity contribution in [3.63, 3.8) is 0 Å². The monoisotopic (exact) mass is 783 g/mol. The maximum atomic E-state index is 13.8. The van der Waals surface area contributed by atoms with E-state index in [4.69, 9.17) is 14.0 Å². The summed E-state index contributed by atoms with van der Waals surface area (Å²) < 4.78 is 15.9. The van der Waals surface area contributed by atoms with E-state index in [9.17, 15) is 28.8 Å². The SMILES string of the molecule is CCN(CCN(C)C)C(=O)OCc1cc(CC(=O)NCC(=O)NC(CC(C)C)C(=O)NC(Cc2ccccc2)C(=O)NC(CCC(C)C)C(=O)C2(C)CO2)no1. The smallest absolute Gasteiger partial charge is 0.410 e. The number of hydrogen-bond donors (Lipinski definition) is 4. The highest BCUT2D eigenvalue weighted by Crippen LogP contribution is 2.29. The minimum absolute atomic E-state index is 0.0110. The minimum atomic E-state index is -1.05. The molecule has 56 heavy (non-hydrogen) atoms. The van der Waals surface area contributed by atoms with Crippen molar-refractivity contribution >= 4 is 35.5 Å². The zero-order chi connectivity index (χ0) is 41.4. The van der Waals surface area contributed by atoms with E-state index in [1.54, 1.807) is 11.8 Å². The van der Waals surface area contributed by atoms with Crippen LogP contribution in [0, 0.1) is 11.8 Å². The summed E-state index contributed by atoms with van der Waals surface area (Å²) >= 11 is 0. The Morgan fingerprint density at radius 2 is 1.54 bits per heavy atom. The van der Waals surface area contributed by atoms with Crippen molar-refractivity contribution in [3.8, 4) is 0 Å². The first kappa shape index (κ1) is 45.6. The minimum Gasteiger partial charge on any atom is -0.441 e. The van der Waals surface area contributed by atoms with Gasteiger partial charge in [-0.3, -0.25) is 24.0 Å². The Kier molecular flexibility index (Phi) is 17.9. The number of benzene rings is 1. The molecule has 1 aromatic carbocycles. The van der Waals surface area contributed by atoms with Gasteiger partial charge in [-0.1, -0.05) is 63.2 Å². The van der Waals surface area contributed by atoms with Crippen LogP contribution in [0.5, 0.6) is 0 Å². The molecular weight excluding hydrogens is 722 g/mol. The standard InChI is InChI=1S/C40H61N7O9/c1-9-47(18-17-46(7)8)39(53)54-24-30-21-29(45-56-30)22-34(48)41-23-35(49)42-32(19-27(4)5)37(51)44-33(20-28-13-11-10-12-14-28)38(52)43-31(16-15-26(2)3)36(50)40(6)25-55-40/h10-14,21,26-27,31-33H,9,15-20,22-25H2,1-8H3,(H,41,48)(H,42,49)(H,43,52)(H,44,51). The van der Waals surface area contributed by atoms with Crippen molar-refractivity contribution in [1.29, 1.82) is 0 Å². The zero-order valence-electron chi connectivity index (χ0n) is 34.1. The fourth-order valence-electron chi connectivity index (χ4n) is 5.78. The molecule has 0 aliphatic carbocycles. The maximum Gasteiger partial charge on any atom is 0.410 e. The molecule has 5 amide bonds. The molecule has 1 fully saturated rings. The molecule has 2 aromatic rings. The van der Waals surface area contributed by atoms with Gasteiger partial charge in [0.2, 0.25) is 23.6 Å². The molecule has 2 heterocycles. The summed E-state index contributed by atoms with van der Waals surface area (Å²) in [6.07, 6.45) is 0.838. The fraction of sp³-hybridized carbons (Fsp3) is 0.625. The van der Waals surface area contributed by atoms with E-state index in [1.807, 2.05) is 83.9 Å². The molecule has 0 bridgehead atoms. The van der Waals surface area contributed by atoms with Gasteiger partial charge >= 0.3 is 6.09 Å².